The summed E-state index contributed by atoms with van der Waals surface area (Å²) in [6, 6.07) is 19.4. The maximum atomic E-state index is 14.1. The lowest BCUT2D eigenvalue weighted by Gasteiger charge is -2.33. The highest BCUT2D eigenvalue weighted by Gasteiger charge is 2.47. The molecule has 5 rings (SSSR count). The van der Waals surface area contributed by atoms with Crippen LogP contribution in [0.1, 0.15) is 51.9 Å². The fraction of sp³-hybridized carbons (Fsp3) is 0.185. The predicted molar refractivity (Wildman–Crippen MR) is 142 cm³/mol. The molecule has 0 saturated heterocycles. The number of benzene rings is 3. The topological polar surface area (TPSA) is 79.2 Å². The summed E-state index contributed by atoms with van der Waals surface area (Å²) >= 11 is 9.48. The lowest BCUT2D eigenvalue weighted by atomic mass is 9.97. The zero-order chi connectivity index (χ0) is 27.0. The highest BCUT2D eigenvalue weighted by atomic mass is 79.9. The lowest BCUT2D eigenvalue weighted by Crippen LogP contribution is -2.35. The van der Waals surface area contributed by atoms with E-state index in [1.165, 1.54) is 18.2 Å². The molecular weight excluding hydrogens is 585 g/mol. The third-order valence-electron chi connectivity index (χ3n) is 6.34. The van der Waals surface area contributed by atoms with Crippen LogP contribution in [0.5, 0.6) is 0 Å². The van der Waals surface area contributed by atoms with Gasteiger partial charge in [0.2, 0.25) is 0 Å². The molecule has 0 saturated carbocycles. The molecule has 38 heavy (non-hydrogen) atoms. The molecule has 0 unspecified atom stereocenters. The van der Waals surface area contributed by atoms with Crippen LogP contribution in [0.3, 0.4) is 0 Å². The minimum atomic E-state index is -4.57. The maximum Gasteiger partial charge on any atom is 0.410 e. The van der Waals surface area contributed by atoms with Crippen LogP contribution in [-0.2, 0) is 0 Å². The van der Waals surface area contributed by atoms with Crippen LogP contribution < -0.4 is 10.6 Å². The smallest absolute Gasteiger partial charge is 0.368 e. The molecule has 1 aliphatic heterocycles. The van der Waals surface area contributed by atoms with Crippen molar-refractivity contribution in [3.05, 3.63) is 111 Å². The van der Waals surface area contributed by atoms with E-state index in [0.717, 1.165) is 4.68 Å². The lowest BCUT2D eigenvalue weighted by molar-refractivity contribution is -0.173. The molecular formula is C27H21BrClF3N4O2. The molecule has 0 bridgehead atoms. The highest BCUT2D eigenvalue weighted by Crippen LogP contribution is 2.47. The Hall–Kier alpha value is -3.34. The number of aliphatic hydroxyl groups excluding tert-OH is 1. The third kappa shape index (κ3) is 5.16. The number of alkyl halides is 3. The number of anilines is 2. The molecule has 3 N–H and O–H groups in total. The number of rotatable bonds is 6. The van der Waals surface area contributed by atoms with Crippen LogP contribution in [0, 0.1) is 0 Å². The quantitative estimate of drug-likeness (QED) is 0.159. The Balaban J connectivity index is 1.49. The molecule has 0 radical (unpaired) electrons. The monoisotopic (exact) mass is 604 g/mol. The first-order chi connectivity index (χ1) is 18.1. The van der Waals surface area contributed by atoms with E-state index in [1.807, 2.05) is 0 Å². The fourth-order valence-corrected chi connectivity index (χ4v) is 5.24. The molecule has 0 spiro atoms. The van der Waals surface area contributed by atoms with Crippen LogP contribution in [0.25, 0.3) is 0 Å². The van der Waals surface area contributed by atoms with Gasteiger partial charge in [-0.15, -0.1) is 0 Å². The maximum absolute atomic E-state index is 14.1. The number of carbonyl (C=O) groups is 1. The molecule has 2 heterocycles. The van der Waals surface area contributed by atoms with Crippen molar-refractivity contribution in [2.45, 2.75) is 30.9 Å². The minimum Gasteiger partial charge on any atom is -0.368 e. The second kappa shape index (κ2) is 10.4. The van der Waals surface area contributed by atoms with Gasteiger partial charge in [0.1, 0.15) is 11.5 Å². The second-order valence-electron chi connectivity index (χ2n) is 8.83. The zero-order valence-electron chi connectivity index (χ0n) is 19.6. The SMILES string of the molecule is O=C(c1ccccc1)c1cc(Cl)ccc1N[C@H](O)c1nn2c(c1Br)N[C@@H](c1ccccc1)C[C@H]2C(F)(F)F. The molecule has 0 amide bonds. The van der Waals surface area contributed by atoms with E-state index in [-0.39, 0.29) is 39.4 Å². The number of hydrogen-bond donors (Lipinski definition) is 3. The van der Waals surface area contributed by atoms with Gasteiger partial charge in [0.05, 0.1) is 10.5 Å². The number of nitrogens with one attached hydrogen (secondary N) is 2. The van der Waals surface area contributed by atoms with Gasteiger partial charge in [0.25, 0.3) is 0 Å². The molecule has 0 aliphatic carbocycles. The Bertz CT molecular complexity index is 1460. The van der Waals surface area contributed by atoms with E-state index < -0.39 is 24.5 Å². The molecule has 6 nitrogen and oxygen atoms in total. The van der Waals surface area contributed by atoms with E-state index in [4.69, 9.17) is 11.6 Å². The van der Waals surface area contributed by atoms with Crippen molar-refractivity contribution < 1.29 is 23.1 Å². The molecule has 1 aliphatic rings. The summed E-state index contributed by atoms with van der Waals surface area (Å²) in [7, 11) is 0. The molecule has 4 aromatic rings. The van der Waals surface area contributed by atoms with Gasteiger partial charge in [-0.05, 0) is 39.7 Å². The first-order valence-electron chi connectivity index (χ1n) is 11.6. The van der Waals surface area contributed by atoms with Crippen LogP contribution >= 0.6 is 27.5 Å². The first kappa shape index (κ1) is 26.3. The normalized spacial score (nSPS) is 17.8. The van der Waals surface area contributed by atoms with E-state index in [9.17, 15) is 23.1 Å². The van der Waals surface area contributed by atoms with E-state index >= 15 is 0 Å². The number of aliphatic hydroxyl groups is 1. The Kier molecular flexibility index (Phi) is 7.21. The van der Waals surface area contributed by atoms with Crippen LogP contribution in [0.2, 0.25) is 5.02 Å². The number of nitrogens with zero attached hydrogens (tertiary/aromatic N) is 2. The van der Waals surface area contributed by atoms with E-state index in [0.29, 0.717) is 16.1 Å². The summed E-state index contributed by atoms with van der Waals surface area (Å²) in [4.78, 5) is 13.1. The van der Waals surface area contributed by atoms with Gasteiger partial charge in [-0.25, -0.2) is 4.68 Å². The molecule has 0 fully saturated rings. The number of ketones is 1. The standard InChI is InChI=1S/C27H21BrClF3N4O2/c28-22-23(26(38)34-19-12-11-17(29)13-18(19)24(37)16-9-5-2-6-10-16)35-36-21(27(30,31)32)14-20(33-25(22)36)15-7-3-1-4-8-15/h1-13,20-21,26,33-34,38H,14H2/t20-,21+,26-/m1/s1. The average molecular weight is 606 g/mol. The summed E-state index contributed by atoms with van der Waals surface area (Å²) in [6.45, 7) is 0. The summed E-state index contributed by atoms with van der Waals surface area (Å²) in [5, 5.41) is 21.4. The van der Waals surface area contributed by atoms with Crippen molar-refractivity contribution in [2.75, 3.05) is 10.6 Å². The van der Waals surface area contributed by atoms with Crippen molar-refractivity contribution in [1.82, 2.24) is 9.78 Å². The molecule has 11 heteroatoms. The van der Waals surface area contributed by atoms with Gasteiger partial charge in [-0.3, -0.25) is 4.79 Å². The van der Waals surface area contributed by atoms with Crippen molar-refractivity contribution in [3.8, 4) is 0 Å². The van der Waals surface area contributed by atoms with Gasteiger partial charge < -0.3 is 15.7 Å². The van der Waals surface area contributed by atoms with Crippen molar-refractivity contribution in [3.63, 3.8) is 0 Å². The zero-order valence-corrected chi connectivity index (χ0v) is 21.9. The Morgan fingerprint density at radius 2 is 1.76 bits per heavy atom. The number of halogens is 5. The van der Waals surface area contributed by atoms with Crippen LogP contribution in [-0.4, -0.2) is 26.8 Å². The summed E-state index contributed by atoms with van der Waals surface area (Å²) in [6.07, 6.45) is -6.39. The Morgan fingerprint density at radius 3 is 2.42 bits per heavy atom. The number of carbonyl (C=O) groups excluding carboxylic acids is 1. The predicted octanol–water partition coefficient (Wildman–Crippen LogP) is 7.29. The Labute approximate surface area is 229 Å². The Morgan fingerprint density at radius 1 is 1.11 bits per heavy atom. The van der Waals surface area contributed by atoms with Gasteiger partial charge in [-0.2, -0.15) is 18.3 Å². The van der Waals surface area contributed by atoms with E-state index in [2.05, 4.69) is 31.7 Å². The number of aromatic nitrogens is 2. The fourth-order valence-electron chi connectivity index (χ4n) is 4.48. The molecule has 196 valence electrons. The van der Waals surface area contributed by atoms with Crippen molar-refractivity contribution in [1.29, 1.82) is 0 Å². The average Bonchev–Trinajstić information content (AvgIpc) is 3.25. The molecule has 3 aromatic carbocycles. The largest absolute Gasteiger partial charge is 0.410 e. The van der Waals surface area contributed by atoms with Crippen molar-refractivity contribution >= 4 is 44.8 Å². The molecule has 1 aromatic heterocycles. The summed E-state index contributed by atoms with van der Waals surface area (Å²) in [5.74, 6) is -0.240. The summed E-state index contributed by atoms with van der Waals surface area (Å²) in [5.41, 5.74) is 1.49. The van der Waals surface area contributed by atoms with Gasteiger partial charge in [0, 0.05) is 28.3 Å². The second-order valence-corrected chi connectivity index (χ2v) is 10.1. The third-order valence-corrected chi connectivity index (χ3v) is 7.35. The number of fused-ring (bicyclic) bond motifs is 1. The van der Waals surface area contributed by atoms with Gasteiger partial charge >= 0.3 is 6.18 Å². The van der Waals surface area contributed by atoms with Crippen LogP contribution in [0.15, 0.2) is 83.3 Å². The minimum absolute atomic E-state index is 0.0662. The van der Waals surface area contributed by atoms with E-state index in [1.54, 1.807) is 60.7 Å². The van der Waals surface area contributed by atoms with Crippen molar-refractivity contribution in [2.24, 2.45) is 0 Å². The summed E-state index contributed by atoms with van der Waals surface area (Å²) < 4.78 is 43.3. The highest BCUT2D eigenvalue weighted by molar-refractivity contribution is 9.10. The number of hydrogen-bond acceptors (Lipinski definition) is 5. The van der Waals surface area contributed by atoms with Crippen LogP contribution in [0.4, 0.5) is 24.7 Å². The van der Waals surface area contributed by atoms with Gasteiger partial charge in [-0.1, -0.05) is 72.3 Å². The molecule has 3 atom stereocenters. The first-order valence-corrected chi connectivity index (χ1v) is 12.8. The van der Waals surface area contributed by atoms with Gasteiger partial charge in [0.15, 0.2) is 18.1 Å².